The average molecular weight is 231 g/mol. The summed E-state index contributed by atoms with van der Waals surface area (Å²) in [5.41, 5.74) is 0.602. The number of hydrogen-bond acceptors (Lipinski definition) is 4. The van der Waals surface area contributed by atoms with Crippen LogP contribution >= 0.6 is 11.3 Å². The van der Waals surface area contributed by atoms with Crippen molar-refractivity contribution in [3.05, 3.63) is 58.3 Å². The molecule has 3 nitrogen and oxygen atoms in total. The highest BCUT2D eigenvalue weighted by Gasteiger charge is 2.17. The lowest BCUT2D eigenvalue weighted by atomic mass is 10.1. The molecule has 80 valence electrons. The Balaban J connectivity index is 2.35. The first-order valence-electron chi connectivity index (χ1n) is 4.68. The molecule has 2 aromatic rings. The molecule has 1 heterocycles. The van der Waals surface area contributed by atoms with Crippen molar-refractivity contribution in [2.24, 2.45) is 5.16 Å². The van der Waals surface area contributed by atoms with E-state index in [4.69, 9.17) is 5.21 Å². The molecule has 1 N–H and O–H groups in total. The van der Waals surface area contributed by atoms with Gasteiger partial charge in [0.15, 0.2) is 5.71 Å². The molecule has 2 rings (SSSR count). The fourth-order valence-electron chi connectivity index (χ4n) is 1.35. The van der Waals surface area contributed by atoms with Gasteiger partial charge in [-0.05, 0) is 11.4 Å². The largest absolute Gasteiger partial charge is 0.410 e. The highest BCUT2D eigenvalue weighted by Crippen LogP contribution is 2.13. The van der Waals surface area contributed by atoms with Crippen molar-refractivity contribution in [1.82, 2.24) is 0 Å². The van der Waals surface area contributed by atoms with E-state index in [9.17, 15) is 4.79 Å². The molecule has 0 aliphatic carbocycles. The van der Waals surface area contributed by atoms with Crippen LogP contribution in [-0.2, 0) is 0 Å². The van der Waals surface area contributed by atoms with Gasteiger partial charge in [-0.3, -0.25) is 4.79 Å². The summed E-state index contributed by atoms with van der Waals surface area (Å²) in [6, 6.07) is 12.3. The van der Waals surface area contributed by atoms with Gasteiger partial charge in [0.1, 0.15) is 0 Å². The molecular formula is C12H9NO2S. The van der Waals surface area contributed by atoms with Crippen LogP contribution in [0.3, 0.4) is 0 Å². The average Bonchev–Trinajstić information content (AvgIpc) is 2.85. The highest BCUT2D eigenvalue weighted by molar-refractivity contribution is 7.13. The van der Waals surface area contributed by atoms with Crippen molar-refractivity contribution in [2.45, 2.75) is 0 Å². The summed E-state index contributed by atoms with van der Waals surface area (Å²) in [4.78, 5) is 12.7. The minimum absolute atomic E-state index is 0.0844. The molecule has 0 saturated carbocycles. The zero-order valence-electron chi connectivity index (χ0n) is 8.33. The van der Waals surface area contributed by atoms with Gasteiger partial charge in [0.2, 0.25) is 5.78 Å². The van der Waals surface area contributed by atoms with Gasteiger partial charge >= 0.3 is 0 Å². The van der Waals surface area contributed by atoms with Gasteiger partial charge in [-0.1, -0.05) is 41.6 Å². The summed E-state index contributed by atoms with van der Waals surface area (Å²) < 4.78 is 0. The van der Waals surface area contributed by atoms with Gasteiger partial charge in [0.05, 0.1) is 4.88 Å². The Labute approximate surface area is 96.7 Å². The Morgan fingerprint density at radius 2 is 1.88 bits per heavy atom. The van der Waals surface area contributed by atoms with Crippen LogP contribution < -0.4 is 0 Å². The van der Waals surface area contributed by atoms with Crippen LogP contribution in [0.2, 0.25) is 0 Å². The topological polar surface area (TPSA) is 49.7 Å². The second-order valence-corrected chi connectivity index (χ2v) is 4.07. The van der Waals surface area contributed by atoms with Crippen molar-refractivity contribution >= 4 is 22.8 Å². The van der Waals surface area contributed by atoms with Gasteiger partial charge in [-0.2, -0.15) is 0 Å². The number of carbonyl (C=O) groups excluding carboxylic acids is 1. The number of benzene rings is 1. The Hall–Kier alpha value is -1.94. The van der Waals surface area contributed by atoms with Gasteiger partial charge in [0, 0.05) is 5.56 Å². The number of carbonyl (C=O) groups is 1. The maximum Gasteiger partial charge on any atom is 0.216 e. The molecule has 0 bridgehead atoms. The Kier molecular flexibility index (Phi) is 3.12. The SMILES string of the molecule is O=C(/C(=N/O)c1cccs1)c1ccccc1. The lowest BCUT2D eigenvalue weighted by Gasteiger charge is -2.00. The second-order valence-electron chi connectivity index (χ2n) is 3.12. The van der Waals surface area contributed by atoms with Gasteiger partial charge in [0.25, 0.3) is 0 Å². The number of hydrogen-bond donors (Lipinski definition) is 1. The molecule has 4 heteroatoms. The third-order valence-corrected chi connectivity index (χ3v) is 2.98. The monoisotopic (exact) mass is 231 g/mol. The third-order valence-electron chi connectivity index (χ3n) is 2.11. The standard InChI is InChI=1S/C12H9NO2S/c14-12(9-5-2-1-3-6-9)11(13-15)10-7-4-8-16-10/h1-8,15H/b13-11+. The van der Waals surface area contributed by atoms with E-state index in [1.807, 2.05) is 17.5 Å². The molecule has 1 aromatic heterocycles. The first kappa shape index (κ1) is 10.6. The van der Waals surface area contributed by atoms with Crippen molar-refractivity contribution in [1.29, 1.82) is 0 Å². The van der Waals surface area contributed by atoms with Crippen molar-refractivity contribution < 1.29 is 10.0 Å². The number of Topliss-reactive ketones (excluding diaryl/α,β-unsaturated/α-hetero) is 1. The minimum Gasteiger partial charge on any atom is -0.410 e. The zero-order valence-corrected chi connectivity index (χ0v) is 9.15. The van der Waals surface area contributed by atoms with Crippen LogP contribution in [0.4, 0.5) is 0 Å². The molecule has 0 aliphatic heterocycles. The smallest absolute Gasteiger partial charge is 0.216 e. The fourth-order valence-corrected chi connectivity index (χ4v) is 2.05. The maximum atomic E-state index is 12.0. The van der Waals surface area contributed by atoms with E-state index in [-0.39, 0.29) is 11.5 Å². The van der Waals surface area contributed by atoms with Crippen LogP contribution in [0.1, 0.15) is 15.2 Å². The molecule has 0 amide bonds. The summed E-state index contributed by atoms with van der Waals surface area (Å²) in [6.07, 6.45) is 0. The van der Waals surface area contributed by atoms with Crippen LogP contribution in [0.15, 0.2) is 53.0 Å². The number of oxime groups is 1. The van der Waals surface area contributed by atoms with E-state index in [0.717, 1.165) is 0 Å². The Morgan fingerprint density at radius 3 is 2.44 bits per heavy atom. The fraction of sp³-hybridized carbons (Fsp3) is 0. The summed E-state index contributed by atoms with van der Waals surface area (Å²) in [7, 11) is 0. The van der Waals surface area contributed by atoms with Crippen LogP contribution in [0, 0.1) is 0 Å². The molecule has 1 aromatic carbocycles. The molecule has 0 aliphatic rings. The second kappa shape index (κ2) is 4.72. The number of ketones is 1. The highest BCUT2D eigenvalue weighted by atomic mass is 32.1. The van der Waals surface area contributed by atoms with Crippen LogP contribution in [-0.4, -0.2) is 16.7 Å². The Bertz CT molecular complexity index is 503. The van der Waals surface area contributed by atoms with E-state index >= 15 is 0 Å². The van der Waals surface area contributed by atoms with Crippen LogP contribution in [0.5, 0.6) is 0 Å². The number of thiophene rings is 1. The van der Waals surface area contributed by atoms with Crippen molar-refractivity contribution in [2.75, 3.05) is 0 Å². The van der Waals surface area contributed by atoms with Gasteiger partial charge in [-0.15, -0.1) is 11.3 Å². The summed E-state index contributed by atoms with van der Waals surface area (Å²) >= 11 is 1.37. The first-order chi connectivity index (χ1) is 7.83. The van der Waals surface area contributed by atoms with E-state index < -0.39 is 0 Å². The molecular weight excluding hydrogens is 222 g/mol. The predicted molar refractivity (Wildman–Crippen MR) is 63.4 cm³/mol. The molecule has 0 saturated heterocycles. The summed E-state index contributed by atoms with van der Waals surface area (Å²) in [5, 5.41) is 13.8. The minimum atomic E-state index is -0.273. The zero-order chi connectivity index (χ0) is 11.4. The molecule has 0 spiro atoms. The van der Waals surface area contributed by atoms with Crippen LogP contribution in [0.25, 0.3) is 0 Å². The quantitative estimate of drug-likeness (QED) is 0.382. The predicted octanol–water partition coefficient (Wildman–Crippen LogP) is 2.81. The van der Waals surface area contributed by atoms with Gasteiger partial charge in [-0.25, -0.2) is 0 Å². The van der Waals surface area contributed by atoms with E-state index in [1.54, 1.807) is 30.3 Å². The normalized spacial score (nSPS) is 11.4. The molecule has 0 atom stereocenters. The maximum absolute atomic E-state index is 12.0. The summed E-state index contributed by atoms with van der Waals surface area (Å²) in [5.74, 6) is -0.273. The van der Waals surface area contributed by atoms with Crippen molar-refractivity contribution in [3.8, 4) is 0 Å². The van der Waals surface area contributed by atoms with Gasteiger partial charge < -0.3 is 5.21 Å². The Morgan fingerprint density at radius 1 is 1.12 bits per heavy atom. The number of nitrogens with zero attached hydrogens (tertiary/aromatic N) is 1. The molecule has 0 unspecified atom stereocenters. The van der Waals surface area contributed by atoms with E-state index in [2.05, 4.69) is 5.16 Å². The molecule has 0 fully saturated rings. The number of rotatable bonds is 3. The van der Waals surface area contributed by atoms with E-state index in [0.29, 0.717) is 10.4 Å². The third kappa shape index (κ3) is 2.01. The molecule has 16 heavy (non-hydrogen) atoms. The lowest BCUT2D eigenvalue weighted by molar-refractivity contribution is 0.106. The van der Waals surface area contributed by atoms with Crippen molar-refractivity contribution in [3.63, 3.8) is 0 Å². The summed E-state index contributed by atoms with van der Waals surface area (Å²) in [6.45, 7) is 0. The van der Waals surface area contributed by atoms with E-state index in [1.165, 1.54) is 11.3 Å². The molecule has 0 radical (unpaired) electrons. The first-order valence-corrected chi connectivity index (χ1v) is 5.56. The lowest BCUT2D eigenvalue weighted by Crippen LogP contribution is -2.14.